The van der Waals surface area contributed by atoms with Crippen molar-refractivity contribution in [1.29, 1.82) is 0 Å². The summed E-state index contributed by atoms with van der Waals surface area (Å²) < 4.78 is 27.9. The average molecular weight is 323 g/mol. The maximum absolute atomic E-state index is 14.2. The fourth-order valence-corrected chi connectivity index (χ4v) is 2.57. The molecule has 2 aromatic carbocycles. The Morgan fingerprint density at radius 1 is 1.12 bits per heavy atom. The summed E-state index contributed by atoms with van der Waals surface area (Å²) in [5, 5.41) is 10.3. The van der Waals surface area contributed by atoms with Crippen molar-refractivity contribution in [2.45, 2.75) is 19.4 Å². The fourth-order valence-electron chi connectivity index (χ4n) is 2.57. The van der Waals surface area contributed by atoms with Crippen LogP contribution in [0.2, 0.25) is 0 Å². The number of aliphatic hydroxyl groups is 1. The SMILES string of the molecule is C#CC(O)Cc1ccc2cc(-c3ccc(C)c(F)c3F)ccc2n1. The summed E-state index contributed by atoms with van der Waals surface area (Å²) in [6.07, 6.45) is 4.55. The number of hydrogen-bond donors (Lipinski definition) is 1. The number of rotatable bonds is 3. The molecule has 3 aromatic rings. The van der Waals surface area contributed by atoms with Crippen molar-refractivity contribution in [3.05, 3.63) is 65.4 Å². The van der Waals surface area contributed by atoms with Crippen molar-refractivity contribution < 1.29 is 13.9 Å². The third-order valence-electron chi connectivity index (χ3n) is 3.93. The number of benzene rings is 2. The van der Waals surface area contributed by atoms with E-state index >= 15 is 0 Å². The van der Waals surface area contributed by atoms with Gasteiger partial charge in [-0.2, -0.15) is 0 Å². The van der Waals surface area contributed by atoms with Gasteiger partial charge in [0.25, 0.3) is 0 Å². The lowest BCUT2D eigenvalue weighted by Crippen LogP contribution is -2.08. The van der Waals surface area contributed by atoms with Crippen LogP contribution in [0.15, 0.2) is 42.5 Å². The summed E-state index contributed by atoms with van der Waals surface area (Å²) in [6.45, 7) is 1.53. The van der Waals surface area contributed by atoms with Gasteiger partial charge < -0.3 is 5.11 Å². The van der Waals surface area contributed by atoms with E-state index in [1.807, 2.05) is 6.07 Å². The van der Waals surface area contributed by atoms with E-state index in [4.69, 9.17) is 6.42 Å². The predicted octanol–water partition coefficient (Wildman–Crippen LogP) is 4.03. The Bertz CT molecular complexity index is 960. The molecule has 0 saturated carbocycles. The van der Waals surface area contributed by atoms with Gasteiger partial charge in [-0.3, -0.25) is 4.98 Å². The molecule has 0 fully saturated rings. The highest BCUT2D eigenvalue weighted by Gasteiger charge is 2.13. The molecule has 4 heteroatoms. The summed E-state index contributed by atoms with van der Waals surface area (Å²) in [7, 11) is 0. The normalized spacial score (nSPS) is 12.1. The Balaban J connectivity index is 2.02. The van der Waals surface area contributed by atoms with Gasteiger partial charge in [0, 0.05) is 23.1 Å². The van der Waals surface area contributed by atoms with Crippen molar-refractivity contribution in [3.8, 4) is 23.5 Å². The highest BCUT2D eigenvalue weighted by atomic mass is 19.2. The standard InChI is InChI=1S/C20H15F2NO/c1-3-16(24)11-15-7-5-14-10-13(6-9-18(14)23-15)17-8-4-12(2)19(21)20(17)22/h1,4-10,16,24H,11H2,2H3. The van der Waals surface area contributed by atoms with E-state index in [1.54, 1.807) is 36.4 Å². The van der Waals surface area contributed by atoms with Crippen LogP contribution in [0.4, 0.5) is 8.78 Å². The first kappa shape index (κ1) is 16.1. The van der Waals surface area contributed by atoms with Gasteiger partial charge in [-0.15, -0.1) is 6.42 Å². The van der Waals surface area contributed by atoms with Crippen LogP contribution in [0.3, 0.4) is 0 Å². The van der Waals surface area contributed by atoms with Gasteiger partial charge >= 0.3 is 0 Å². The lowest BCUT2D eigenvalue weighted by atomic mass is 10.0. The highest BCUT2D eigenvalue weighted by molar-refractivity contribution is 5.84. The first-order valence-corrected chi connectivity index (χ1v) is 7.48. The molecule has 1 heterocycles. The van der Waals surface area contributed by atoms with Crippen molar-refractivity contribution in [2.75, 3.05) is 0 Å². The zero-order valence-electron chi connectivity index (χ0n) is 13.1. The Kier molecular flexibility index (Phi) is 4.28. The van der Waals surface area contributed by atoms with E-state index in [1.165, 1.54) is 6.92 Å². The molecule has 1 unspecified atom stereocenters. The minimum Gasteiger partial charge on any atom is -0.380 e. The summed E-state index contributed by atoms with van der Waals surface area (Å²) >= 11 is 0. The van der Waals surface area contributed by atoms with Crippen LogP contribution in [0.1, 0.15) is 11.3 Å². The zero-order chi connectivity index (χ0) is 17.3. The van der Waals surface area contributed by atoms with E-state index in [9.17, 15) is 13.9 Å². The van der Waals surface area contributed by atoms with Gasteiger partial charge in [0.05, 0.1) is 5.52 Å². The molecule has 0 aliphatic rings. The minimum absolute atomic E-state index is 0.215. The second-order valence-electron chi connectivity index (χ2n) is 5.65. The van der Waals surface area contributed by atoms with Crippen LogP contribution in [-0.2, 0) is 6.42 Å². The Morgan fingerprint density at radius 2 is 1.92 bits per heavy atom. The summed E-state index contributed by atoms with van der Waals surface area (Å²) in [5.74, 6) is 0.566. The van der Waals surface area contributed by atoms with Crippen LogP contribution in [-0.4, -0.2) is 16.2 Å². The molecule has 0 radical (unpaired) electrons. The lowest BCUT2D eigenvalue weighted by molar-refractivity contribution is 0.232. The number of terminal acetylenes is 1. The van der Waals surface area contributed by atoms with Gasteiger partial charge in [-0.25, -0.2) is 8.78 Å². The second kappa shape index (κ2) is 6.38. The van der Waals surface area contributed by atoms with E-state index in [2.05, 4.69) is 10.9 Å². The molecule has 0 saturated heterocycles. The fraction of sp³-hybridized carbons (Fsp3) is 0.150. The van der Waals surface area contributed by atoms with Gasteiger partial charge in [0.1, 0.15) is 6.10 Å². The Hall–Kier alpha value is -2.77. The molecule has 1 N–H and O–H groups in total. The van der Waals surface area contributed by atoms with Crippen LogP contribution in [0, 0.1) is 30.9 Å². The number of nitrogens with zero attached hydrogens (tertiary/aromatic N) is 1. The van der Waals surface area contributed by atoms with Crippen LogP contribution < -0.4 is 0 Å². The summed E-state index contributed by atoms with van der Waals surface area (Å²) in [4.78, 5) is 4.43. The Morgan fingerprint density at radius 3 is 2.67 bits per heavy atom. The molecule has 0 spiro atoms. The molecule has 0 amide bonds. The average Bonchev–Trinajstić information content (AvgIpc) is 2.59. The monoisotopic (exact) mass is 323 g/mol. The minimum atomic E-state index is -0.876. The topological polar surface area (TPSA) is 33.1 Å². The van der Waals surface area contributed by atoms with Crippen molar-refractivity contribution in [1.82, 2.24) is 4.98 Å². The zero-order valence-corrected chi connectivity index (χ0v) is 13.1. The number of hydrogen-bond acceptors (Lipinski definition) is 2. The number of aryl methyl sites for hydroxylation is 1. The summed E-state index contributed by atoms with van der Waals surface area (Å²) in [6, 6.07) is 11.9. The molecule has 1 aromatic heterocycles. The Labute approximate surface area is 138 Å². The molecule has 0 aliphatic carbocycles. The third kappa shape index (κ3) is 2.99. The molecule has 0 aliphatic heterocycles. The molecule has 1 atom stereocenters. The molecule has 0 bridgehead atoms. The van der Waals surface area contributed by atoms with E-state index in [0.29, 0.717) is 16.8 Å². The van der Waals surface area contributed by atoms with E-state index < -0.39 is 17.7 Å². The van der Waals surface area contributed by atoms with Gasteiger partial charge in [0.15, 0.2) is 11.6 Å². The van der Waals surface area contributed by atoms with Crippen molar-refractivity contribution in [3.63, 3.8) is 0 Å². The van der Waals surface area contributed by atoms with Gasteiger partial charge in [-0.05, 0) is 36.2 Å². The van der Waals surface area contributed by atoms with Crippen LogP contribution in [0.25, 0.3) is 22.0 Å². The molecule has 2 nitrogen and oxygen atoms in total. The number of halogens is 2. The van der Waals surface area contributed by atoms with Gasteiger partial charge in [0.2, 0.25) is 0 Å². The van der Waals surface area contributed by atoms with E-state index in [0.717, 1.165) is 5.39 Å². The molecule has 3 rings (SSSR count). The van der Waals surface area contributed by atoms with Crippen molar-refractivity contribution in [2.24, 2.45) is 0 Å². The molecule has 120 valence electrons. The third-order valence-corrected chi connectivity index (χ3v) is 3.93. The van der Waals surface area contributed by atoms with Crippen LogP contribution in [0.5, 0.6) is 0 Å². The smallest absolute Gasteiger partial charge is 0.166 e. The predicted molar refractivity (Wildman–Crippen MR) is 90.4 cm³/mol. The second-order valence-corrected chi connectivity index (χ2v) is 5.65. The first-order chi connectivity index (χ1) is 11.5. The quantitative estimate of drug-likeness (QED) is 0.738. The highest BCUT2D eigenvalue weighted by Crippen LogP contribution is 2.28. The number of aliphatic hydroxyl groups excluding tert-OH is 1. The van der Waals surface area contributed by atoms with Crippen LogP contribution >= 0.6 is 0 Å². The maximum Gasteiger partial charge on any atom is 0.166 e. The van der Waals surface area contributed by atoms with Crippen molar-refractivity contribution >= 4 is 10.9 Å². The largest absolute Gasteiger partial charge is 0.380 e. The molecular weight excluding hydrogens is 308 g/mol. The lowest BCUT2D eigenvalue weighted by Gasteiger charge is -2.09. The molecular formula is C20H15F2NO. The number of aromatic nitrogens is 1. The number of pyridine rings is 1. The number of fused-ring (bicyclic) bond motifs is 1. The molecule has 24 heavy (non-hydrogen) atoms. The maximum atomic E-state index is 14.2. The first-order valence-electron chi connectivity index (χ1n) is 7.48. The van der Waals surface area contributed by atoms with E-state index in [-0.39, 0.29) is 17.5 Å². The van der Waals surface area contributed by atoms with Gasteiger partial charge in [-0.1, -0.05) is 30.2 Å². The summed E-state index contributed by atoms with van der Waals surface area (Å²) in [5.41, 5.74) is 2.45.